The number of nitrogens with two attached hydrogens (primary N) is 1. The number of anilines is 1. The monoisotopic (exact) mass is 273 g/mol. The minimum atomic E-state index is 0.164. The summed E-state index contributed by atoms with van der Waals surface area (Å²) < 4.78 is 0. The smallest absolute Gasteiger partial charge is 0.0415 e. The van der Waals surface area contributed by atoms with Gasteiger partial charge in [-0.2, -0.15) is 0 Å². The molecule has 2 fully saturated rings. The van der Waals surface area contributed by atoms with E-state index in [1.54, 1.807) is 0 Å². The summed E-state index contributed by atoms with van der Waals surface area (Å²) in [6, 6.07) is 9.62. The van der Waals surface area contributed by atoms with E-state index >= 15 is 0 Å². The molecular weight excluding hydrogens is 246 g/mol. The maximum atomic E-state index is 6.28. The molecule has 0 aromatic heterocycles. The van der Waals surface area contributed by atoms with Crippen molar-refractivity contribution in [1.29, 1.82) is 0 Å². The summed E-state index contributed by atoms with van der Waals surface area (Å²) in [7, 11) is 0. The van der Waals surface area contributed by atoms with Crippen molar-refractivity contribution in [2.24, 2.45) is 5.73 Å². The number of likely N-dealkylation sites (tertiary alicyclic amines) is 1. The van der Waals surface area contributed by atoms with Gasteiger partial charge >= 0.3 is 0 Å². The molecule has 0 spiro atoms. The molecule has 0 amide bonds. The van der Waals surface area contributed by atoms with Crippen molar-refractivity contribution in [3.63, 3.8) is 0 Å². The highest BCUT2D eigenvalue weighted by molar-refractivity contribution is 5.56. The summed E-state index contributed by atoms with van der Waals surface area (Å²) in [4.78, 5) is 5.23. The van der Waals surface area contributed by atoms with E-state index in [9.17, 15) is 0 Å². The second-order valence-electron chi connectivity index (χ2n) is 6.21. The van der Waals surface area contributed by atoms with E-state index in [1.807, 2.05) is 0 Å². The molecule has 0 bridgehead atoms. The van der Waals surface area contributed by atoms with E-state index in [2.05, 4.69) is 41.0 Å². The topological polar surface area (TPSA) is 32.5 Å². The van der Waals surface area contributed by atoms with Crippen molar-refractivity contribution >= 4 is 5.69 Å². The summed E-state index contributed by atoms with van der Waals surface area (Å²) in [5.74, 6) is 0. The van der Waals surface area contributed by atoms with Crippen molar-refractivity contribution in [2.75, 3.05) is 31.1 Å². The molecular formula is C17H27N3. The van der Waals surface area contributed by atoms with Crippen LogP contribution in [0.25, 0.3) is 0 Å². The van der Waals surface area contributed by atoms with Gasteiger partial charge < -0.3 is 10.6 Å². The first-order chi connectivity index (χ1) is 9.79. The third kappa shape index (κ3) is 2.70. The lowest BCUT2D eigenvalue weighted by Gasteiger charge is -2.27. The van der Waals surface area contributed by atoms with Crippen LogP contribution in [0.15, 0.2) is 24.3 Å². The van der Waals surface area contributed by atoms with Gasteiger partial charge in [-0.1, -0.05) is 25.1 Å². The Morgan fingerprint density at radius 3 is 2.70 bits per heavy atom. The van der Waals surface area contributed by atoms with E-state index in [1.165, 1.54) is 56.7 Å². The molecule has 3 nitrogen and oxygen atoms in total. The molecule has 2 heterocycles. The van der Waals surface area contributed by atoms with Gasteiger partial charge in [-0.15, -0.1) is 0 Å². The molecule has 1 aromatic rings. The van der Waals surface area contributed by atoms with E-state index in [0.717, 1.165) is 12.5 Å². The van der Waals surface area contributed by atoms with Crippen LogP contribution in [0.3, 0.4) is 0 Å². The molecule has 2 aliphatic rings. The Kier molecular flexibility index (Phi) is 4.27. The van der Waals surface area contributed by atoms with Crippen molar-refractivity contribution < 1.29 is 0 Å². The van der Waals surface area contributed by atoms with Gasteiger partial charge in [-0.3, -0.25) is 4.90 Å². The zero-order valence-electron chi connectivity index (χ0n) is 12.6. The normalized spacial score (nSPS) is 25.3. The van der Waals surface area contributed by atoms with Crippen LogP contribution in [0.4, 0.5) is 5.69 Å². The fraction of sp³-hybridized carbons (Fsp3) is 0.647. The summed E-state index contributed by atoms with van der Waals surface area (Å²) in [5.41, 5.74) is 8.96. The summed E-state index contributed by atoms with van der Waals surface area (Å²) >= 11 is 0. The first kappa shape index (κ1) is 13.9. The lowest BCUT2D eigenvalue weighted by atomic mass is 10.0. The predicted octanol–water partition coefficient (Wildman–Crippen LogP) is 2.77. The average molecular weight is 273 g/mol. The summed E-state index contributed by atoms with van der Waals surface area (Å²) in [5, 5.41) is 0. The van der Waals surface area contributed by atoms with Gasteiger partial charge in [0.25, 0.3) is 0 Å². The third-order valence-corrected chi connectivity index (χ3v) is 4.94. The van der Waals surface area contributed by atoms with Crippen molar-refractivity contribution in [2.45, 2.75) is 44.7 Å². The van der Waals surface area contributed by atoms with Crippen LogP contribution in [0.2, 0.25) is 0 Å². The van der Waals surface area contributed by atoms with Gasteiger partial charge in [0.15, 0.2) is 0 Å². The second-order valence-corrected chi connectivity index (χ2v) is 6.21. The molecule has 0 radical (unpaired) electrons. The molecule has 2 atom stereocenters. The number of para-hydroxylation sites is 1. The number of benzene rings is 1. The number of nitrogens with zero attached hydrogens (tertiary/aromatic N) is 2. The van der Waals surface area contributed by atoms with E-state index in [0.29, 0.717) is 0 Å². The largest absolute Gasteiger partial charge is 0.370 e. The minimum Gasteiger partial charge on any atom is -0.370 e. The Balaban J connectivity index is 1.74. The lowest BCUT2D eigenvalue weighted by Crippen LogP contribution is -2.35. The van der Waals surface area contributed by atoms with Gasteiger partial charge in [-0.05, 0) is 50.4 Å². The quantitative estimate of drug-likeness (QED) is 0.915. The van der Waals surface area contributed by atoms with Crippen LogP contribution in [0.5, 0.6) is 0 Å². The Bertz CT molecular complexity index is 440. The van der Waals surface area contributed by atoms with E-state index in [-0.39, 0.29) is 6.04 Å². The van der Waals surface area contributed by atoms with Gasteiger partial charge in [0.2, 0.25) is 0 Å². The molecule has 0 aliphatic carbocycles. The predicted molar refractivity (Wildman–Crippen MR) is 85.1 cm³/mol. The van der Waals surface area contributed by atoms with Crippen molar-refractivity contribution in [1.82, 2.24) is 4.90 Å². The zero-order chi connectivity index (χ0) is 13.9. The molecule has 0 saturated carbocycles. The molecule has 3 rings (SSSR count). The molecule has 1 unspecified atom stereocenters. The van der Waals surface area contributed by atoms with Crippen LogP contribution in [-0.2, 0) is 0 Å². The fourth-order valence-corrected chi connectivity index (χ4v) is 3.67. The summed E-state index contributed by atoms with van der Waals surface area (Å²) in [6.45, 7) is 7.11. The van der Waals surface area contributed by atoms with Crippen LogP contribution in [-0.4, -0.2) is 37.1 Å². The number of hydrogen-bond donors (Lipinski definition) is 1. The summed E-state index contributed by atoms with van der Waals surface area (Å²) in [6.07, 6.45) is 5.07. The molecule has 2 saturated heterocycles. The standard InChI is InChI=1S/C17H27N3/c1-2-16(18)15-7-3-4-8-17(15)20-12-9-14(13-20)19-10-5-6-11-19/h3-4,7-8,14,16H,2,5-6,9-13,18H2,1H3/t14?,16-/m0/s1. The zero-order valence-corrected chi connectivity index (χ0v) is 12.6. The van der Waals surface area contributed by atoms with E-state index in [4.69, 9.17) is 5.73 Å². The maximum Gasteiger partial charge on any atom is 0.0415 e. The lowest BCUT2D eigenvalue weighted by molar-refractivity contribution is 0.260. The minimum absolute atomic E-state index is 0.164. The highest BCUT2D eigenvalue weighted by Crippen LogP contribution is 2.31. The third-order valence-electron chi connectivity index (χ3n) is 4.94. The first-order valence-electron chi connectivity index (χ1n) is 8.13. The Morgan fingerprint density at radius 1 is 1.20 bits per heavy atom. The second kappa shape index (κ2) is 6.15. The Morgan fingerprint density at radius 2 is 1.95 bits per heavy atom. The van der Waals surface area contributed by atoms with Gasteiger partial charge in [-0.25, -0.2) is 0 Å². The van der Waals surface area contributed by atoms with Gasteiger partial charge in [0.05, 0.1) is 0 Å². The first-order valence-corrected chi connectivity index (χ1v) is 8.13. The maximum absolute atomic E-state index is 6.28. The van der Waals surface area contributed by atoms with Crippen LogP contribution >= 0.6 is 0 Å². The van der Waals surface area contributed by atoms with Crippen LogP contribution in [0.1, 0.15) is 44.2 Å². The average Bonchev–Trinajstić information content (AvgIpc) is 3.17. The number of hydrogen-bond acceptors (Lipinski definition) is 3. The fourth-order valence-electron chi connectivity index (χ4n) is 3.67. The Labute approximate surface area is 122 Å². The van der Waals surface area contributed by atoms with Gasteiger partial charge in [0, 0.05) is 30.9 Å². The molecule has 20 heavy (non-hydrogen) atoms. The molecule has 110 valence electrons. The SMILES string of the molecule is CC[C@H](N)c1ccccc1N1CCC(N2CCCC2)C1. The molecule has 3 heteroatoms. The van der Waals surface area contributed by atoms with Crippen LogP contribution in [0, 0.1) is 0 Å². The highest BCUT2D eigenvalue weighted by atomic mass is 15.3. The van der Waals surface area contributed by atoms with E-state index < -0.39 is 0 Å². The molecule has 2 N–H and O–H groups in total. The van der Waals surface area contributed by atoms with Crippen LogP contribution < -0.4 is 10.6 Å². The number of rotatable bonds is 4. The van der Waals surface area contributed by atoms with Crippen molar-refractivity contribution in [3.05, 3.63) is 29.8 Å². The van der Waals surface area contributed by atoms with Gasteiger partial charge in [0.1, 0.15) is 0 Å². The molecule has 2 aliphatic heterocycles. The van der Waals surface area contributed by atoms with Crippen molar-refractivity contribution in [3.8, 4) is 0 Å². The Hall–Kier alpha value is -1.06. The molecule has 1 aromatic carbocycles. The highest BCUT2D eigenvalue weighted by Gasteiger charge is 2.30.